The Morgan fingerprint density at radius 1 is 0.589 bits per heavy atom. The van der Waals surface area contributed by atoms with Crippen molar-refractivity contribution in [3.63, 3.8) is 0 Å². The third-order valence-corrected chi connectivity index (χ3v) is 12.8. The van der Waals surface area contributed by atoms with E-state index in [1.54, 1.807) is 10.6 Å². The molecule has 0 aliphatic rings. The second-order valence-electron chi connectivity index (χ2n) is 13.1. The maximum Gasteiger partial charge on any atom is 0.220 e. The van der Waals surface area contributed by atoms with E-state index in [9.17, 15) is 8.00 Å². The lowest BCUT2D eigenvalue weighted by atomic mass is 9.90. The average Bonchev–Trinajstić information content (AvgIpc) is 4.02. The van der Waals surface area contributed by atoms with Crippen LogP contribution in [-0.2, 0) is 0 Å². The van der Waals surface area contributed by atoms with Crippen LogP contribution in [0.25, 0.3) is 106 Å². The number of halogens is 1. The summed E-state index contributed by atoms with van der Waals surface area (Å²) in [5.74, 6) is -1.41. The molecule has 0 bridgehead atoms. The fraction of sp³-hybridized carbons (Fsp3) is 0. The van der Waals surface area contributed by atoms with E-state index in [1.165, 1.54) is 22.7 Å². The SMILES string of the molecule is [2H]c1c([2H])c([2H])c(-c2c(C#N)c(F)c(-c3c([2H])c([2H])c([2H])c([2H])c3[2H])c(-n3c4c(ccc5c6ccccc6sc54)c4ccc5c6cccc(-c7ccccc7)c6sc5c43)c2[N+]#[C-])c([2H])c1[2H]. The molecule has 0 saturated carbocycles. The Balaban J connectivity index is 1.47. The molecule has 0 radical (unpaired) electrons. The van der Waals surface area contributed by atoms with Crippen LogP contribution in [0.2, 0.25) is 0 Å². The van der Waals surface area contributed by atoms with Crippen molar-refractivity contribution in [3.8, 4) is 45.1 Å². The summed E-state index contributed by atoms with van der Waals surface area (Å²) in [5, 5.41) is 15.7. The van der Waals surface area contributed by atoms with Gasteiger partial charge in [-0.25, -0.2) is 9.24 Å². The molecule has 0 aliphatic heterocycles. The Kier molecular flexibility index (Phi) is 5.27. The Hall–Kier alpha value is -7.09. The Labute approximate surface area is 342 Å². The van der Waals surface area contributed by atoms with Gasteiger partial charge in [-0.3, -0.25) is 0 Å². The van der Waals surface area contributed by atoms with Gasteiger partial charge in [0.25, 0.3) is 0 Å². The monoisotopic (exact) mass is 761 g/mol. The number of benzene rings is 8. The van der Waals surface area contributed by atoms with Gasteiger partial charge < -0.3 is 4.57 Å². The number of thiophene rings is 2. The van der Waals surface area contributed by atoms with E-state index in [-0.39, 0.29) is 5.69 Å². The number of nitriles is 1. The summed E-state index contributed by atoms with van der Waals surface area (Å²) in [6, 6.07) is 25.4. The molecule has 0 amide bonds. The van der Waals surface area contributed by atoms with E-state index in [2.05, 4.69) is 4.85 Å². The molecule has 0 aliphatic carbocycles. The molecular formula is C50H26FN3S2. The lowest BCUT2D eigenvalue weighted by Crippen LogP contribution is -2.05. The highest BCUT2D eigenvalue weighted by Gasteiger charge is 2.31. The van der Waals surface area contributed by atoms with Gasteiger partial charge in [-0.2, -0.15) is 5.26 Å². The fourth-order valence-corrected chi connectivity index (χ4v) is 10.6. The molecule has 0 saturated heterocycles. The molecule has 6 heteroatoms. The standard InChI is InChI=1S/C50H26FN3S2/c1-53-44-41(30-16-7-3-8-17-30)39(28-52)43(51)42(31-18-9-4-10-19-31)47(44)54-45-34(24-26-37-33-20-11-12-23-40(33)55-49(37)45)35-25-27-38-36-22-13-21-32(29-14-5-2-6-15-29)48(36)56-50(38)46(35)54/h2-27H/i3D,4D,7D,8D,9D,10D,16D,17D,18D,19D. The number of fused-ring (bicyclic) bond motifs is 11. The first-order valence-corrected chi connectivity index (χ1v) is 19.0. The number of hydrogen-bond acceptors (Lipinski definition) is 3. The highest BCUT2D eigenvalue weighted by atomic mass is 32.1. The van der Waals surface area contributed by atoms with E-state index in [1.807, 2.05) is 97.1 Å². The molecule has 8 aromatic carbocycles. The van der Waals surface area contributed by atoms with E-state index in [0.29, 0.717) is 31.2 Å². The predicted octanol–water partition coefficient (Wildman–Crippen LogP) is 15.1. The van der Waals surface area contributed by atoms with Crippen LogP contribution in [0.1, 0.15) is 19.3 Å². The second-order valence-corrected chi connectivity index (χ2v) is 15.2. The maximum absolute atomic E-state index is 18.4. The maximum atomic E-state index is 18.4. The van der Waals surface area contributed by atoms with Crippen molar-refractivity contribution >= 4 is 90.5 Å². The van der Waals surface area contributed by atoms with Crippen LogP contribution in [0.3, 0.4) is 0 Å². The van der Waals surface area contributed by atoms with Crippen LogP contribution < -0.4 is 0 Å². The highest BCUT2D eigenvalue weighted by Crippen LogP contribution is 2.53. The third kappa shape index (κ3) is 4.52. The van der Waals surface area contributed by atoms with E-state index in [4.69, 9.17) is 17.5 Å². The summed E-state index contributed by atoms with van der Waals surface area (Å²) >= 11 is 2.91. The van der Waals surface area contributed by atoms with Crippen LogP contribution in [0.15, 0.2) is 157 Å². The smallest absolute Gasteiger partial charge is 0.220 e. The van der Waals surface area contributed by atoms with E-state index in [0.717, 1.165) is 42.1 Å². The van der Waals surface area contributed by atoms with E-state index >= 15 is 4.39 Å². The van der Waals surface area contributed by atoms with Gasteiger partial charge in [0, 0.05) is 52.8 Å². The quantitative estimate of drug-likeness (QED) is 0.164. The van der Waals surface area contributed by atoms with Crippen LogP contribution >= 0.6 is 22.7 Å². The molecule has 0 fully saturated rings. The second kappa shape index (κ2) is 12.5. The Morgan fingerprint density at radius 2 is 1.16 bits per heavy atom. The average molecular weight is 762 g/mol. The Morgan fingerprint density at radius 3 is 1.84 bits per heavy atom. The third-order valence-electron chi connectivity index (χ3n) is 10.3. The van der Waals surface area contributed by atoms with Crippen LogP contribution in [0.4, 0.5) is 10.1 Å². The molecule has 3 aromatic heterocycles. The van der Waals surface area contributed by atoms with Gasteiger partial charge in [-0.15, -0.1) is 22.7 Å². The van der Waals surface area contributed by atoms with Crippen molar-refractivity contribution in [2.75, 3.05) is 0 Å². The predicted molar refractivity (Wildman–Crippen MR) is 234 cm³/mol. The largest absolute Gasteiger partial charge is 0.316 e. The molecule has 11 aromatic rings. The first-order chi connectivity index (χ1) is 31.8. The van der Waals surface area contributed by atoms with Crippen molar-refractivity contribution in [1.82, 2.24) is 4.57 Å². The first-order valence-electron chi connectivity index (χ1n) is 22.4. The van der Waals surface area contributed by atoms with Gasteiger partial charge in [0.1, 0.15) is 11.9 Å². The van der Waals surface area contributed by atoms with Crippen molar-refractivity contribution < 1.29 is 18.1 Å². The van der Waals surface area contributed by atoms with Gasteiger partial charge in [0.2, 0.25) is 5.69 Å². The number of nitrogens with zero attached hydrogens (tertiary/aromatic N) is 3. The van der Waals surface area contributed by atoms with Gasteiger partial charge >= 0.3 is 0 Å². The van der Waals surface area contributed by atoms with Gasteiger partial charge in [-0.05, 0) is 28.3 Å². The lowest BCUT2D eigenvalue weighted by molar-refractivity contribution is 0.627. The number of hydrogen-bond donors (Lipinski definition) is 0. The van der Waals surface area contributed by atoms with Gasteiger partial charge in [0.05, 0.1) is 52.0 Å². The zero-order valence-corrected chi connectivity index (χ0v) is 30.4. The molecule has 0 N–H and O–H groups in total. The zero-order valence-electron chi connectivity index (χ0n) is 38.8. The molecule has 260 valence electrons. The first kappa shape index (κ1) is 23.6. The van der Waals surface area contributed by atoms with Crippen molar-refractivity contribution in [1.29, 1.82) is 5.26 Å². The minimum atomic E-state index is -1.41. The van der Waals surface area contributed by atoms with Crippen LogP contribution in [0.5, 0.6) is 0 Å². The molecule has 3 nitrogen and oxygen atoms in total. The summed E-state index contributed by atoms with van der Waals surface area (Å²) in [4.78, 5) is 3.97. The topological polar surface area (TPSA) is 33.1 Å². The van der Waals surface area contributed by atoms with Crippen molar-refractivity contribution in [3.05, 3.63) is 180 Å². The molecule has 3 heterocycles. The minimum absolute atomic E-state index is 0.333. The number of rotatable bonds is 4. The summed E-state index contributed by atoms with van der Waals surface area (Å²) in [6.45, 7) is 8.97. The molecule has 0 unspecified atom stereocenters. The summed E-state index contributed by atoms with van der Waals surface area (Å²) in [5.41, 5.74) is -1.40. The highest BCUT2D eigenvalue weighted by molar-refractivity contribution is 7.27. The fourth-order valence-electron chi connectivity index (χ4n) is 8.03. The van der Waals surface area contributed by atoms with Crippen molar-refractivity contribution in [2.24, 2.45) is 0 Å². The minimum Gasteiger partial charge on any atom is -0.316 e. The summed E-state index contributed by atoms with van der Waals surface area (Å²) < 4.78 is 111. The lowest BCUT2D eigenvalue weighted by Gasteiger charge is -2.21. The Bertz CT molecular complexity index is 4050. The molecule has 0 spiro atoms. The van der Waals surface area contributed by atoms with Crippen LogP contribution in [-0.4, -0.2) is 4.57 Å². The summed E-state index contributed by atoms with van der Waals surface area (Å²) in [6.07, 6.45) is 0. The molecule has 56 heavy (non-hydrogen) atoms. The van der Waals surface area contributed by atoms with Crippen molar-refractivity contribution in [2.45, 2.75) is 0 Å². The number of aromatic nitrogens is 1. The zero-order chi connectivity index (χ0) is 46.2. The van der Waals surface area contributed by atoms with Gasteiger partial charge in [0.15, 0.2) is 0 Å². The van der Waals surface area contributed by atoms with E-state index < -0.39 is 99.7 Å². The van der Waals surface area contributed by atoms with Gasteiger partial charge in [-0.1, -0.05) is 151 Å². The van der Waals surface area contributed by atoms with Crippen LogP contribution in [0, 0.1) is 23.7 Å². The summed E-state index contributed by atoms with van der Waals surface area (Å²) in [7, 11) is 0. The molecule has 0 atom stereocenters. The normalized spacial score (nSPS) is 14.1. The molecule has 11 rings (SSSR count). The molecular weight excluding hydrogens is 726 g/mol.